The molecule has 2 heterocycles. The van der Waals surface area contributed by atoms with Gasteiger partial charge >= 0.3 is 0 Å². The van der Waals surface area contributed by atoms with Crippen molar-refractivity contribution in [2.45, 2.75) is 0 Å². The van der Waals surface area contributed by atoms with Crippen molar-refractivity contribution >= 4 is 16.9 Å². The number of ether oxygens (including phenoxy) is 2. The lowest BCUT2D eigenvalue weighted by Gasteiger charge is -2.25. The number of aromatic nitrogens is 2. The molecule has 3 rings (SSSR count). The molecule has 1 aromatic carbocycles. The van der Waals surface area contributed by atoms with Gasteiger partial charge in [0.2, 0.25) is 5.91 Å². The molecule has 1 saturated heterocycles. The molecule has 3 N–H and O–H groups in total. The molecule has 2 aromatic rings. The minimum absolute atomic E-state index is 0.398. The second-order valence-electron chi connectivity index (χ2n) is 4.35. The third-order valence-corrected chi connectivity index (χ3v) is 2.96. The maximum absolute atomic E-state index is 11.2. The van der Waals surface area contributed by atoms with Gasteiger partial charge in [-0.2, -0.15) is 0 Å². The number of hydrogen-bond acceptors (Lipinski definition) is 4. The van der Waals surface area contributed by atoms with E-state index in [1.165, 1.54) is 0 Å². The monoisotopic (exact) mass is 247 g/mol. The van der Waals surface area contributed by atoms with Gasteiger partial charge in [0.1, 0.15) is 11.3 Å². The predicted molar refractivity (Wildman–Crippen MR) is 64.4 cm³/mol. The molecule has 0 aliphatic carbocycles. The average Bonchev–Trinajstić information content (AvgIpc) is 2.74. The van der Waals surface area contributed by atoms with Gasteiger partial charge in [0.25, 0.3) is 0 Å². The molecule has 0 atom stereocenters. The van der Waals surface area contributed by atoms with E-state index >= 15 is 0 Å². The smallest absolute Gasteiger partial charge is 0.248 e. The number of nitrogens with one attached hydrogen (secondary N) is 1. The summed E-state index contributed by atoms with van der Waals surface area (Å²) in [6, 6.07) is 3.29. The van der Waals surface area contributed by atoms with Crippen LogP contribution < -0.4 is 10.5 Å². The van der Waals surface area contributed by atoms with Gasteiger partial charge in [0.05, 0.1) is 31.7 Å². The van der Waals surface area contributed by atoms with E-state index in [0.717, 1.165) is 18.7 Å². The third-order valence-electron chi connectivity index (χ3n) is 2.96. The highest BCUT2D eigenvalue weighted by Gasteiger charge is 2.20. The van der Waals surface area contributed by atoms with E-state index in [2.05, 4.69) is 9.97 Å². The second kappa shape index (κ2) is 4.30. The Hall–Kier alpha value is -2.08. The van der Waals surface area contributed by atoms with Crippen molar-refractivity contribution in [2.24, 2.45) is 11.7 Å². The molecule has 18 heavy (non-hydrogen) atoms. The molecular weight excluding hydrogens is 234 g/mol. The number of H-pyrrole nitrogens is 1. The Morgan fingerprint density at radius 2 is 2.39 bits per heavy atom. The van der Waals surface area contributed by atoms with E-state index in [-0.39, 0.29) is 0 Å². The van der Waals surface area contributed by atoms with E-state index in [1.54, 1.807) is 18.5 Å². The molecule has 1 fully saturated rings. The standard InChI is InChI=1S/C12H13N3O3/c13-12(16)8-1-9-11(15-6-14-9)10(2-8)18-5-7-3-17-4-7/h1-2,6-7H,3-5H2,(H2,13,16)(H,14,15). The fourth-order valence-electron chi connectivity index (χ4n) is 1.86. The summed E-state index contributed by atoms with van der Waals surface area (Å²) in [7, 11) is 0. The van der Waals surface area contributed by atoms with Crippen molar-refractivity contribution in [3.63, 3.8) is 0 Å². The molecule has 0 spiro atoms. The first kappa shape index (κ1) is 11.0. The summed E-state index contributed by atoms with van der Waals surface area (Å²) in [6.07, 6.45) is 1.56. The van der Waals surface area contributed by atoms with Crippen LogP contribution in [0.5, 0.6) is 5.75 Å². The van der Waals surface area contributed by atoms with Crippen LogP contribution in [-0.2, 0) is 4.74 Å². The highest BCUT2D eigenvalue weighted by atomic mass is 16.5. The van der Waals surface area contributed by atoms with Gasteiger partial charge in [-0.1, -0.05) is 0 Å². The van der Waals surface area contributed by atoms with Crippen LogP contribution in [0, 0.1) is 5.92 Å². The number of fused-ring (bicyclic) bond motifs is 1. The summed E-state index contributed by atoms with van der Waals surface area (Å²) in [5, 5.41) is 0. The number of hydrogen-bond donors (Lipinski definition) is 2. The van der Waals surface area contributed by atoms with Gasteiger partial charge in [0.15, 0.2) is 0 Å². The Morgan fingerprint density at radius 1 is 1.56 bits per heavy atom. The van der Waals surface area contributed by atoms with Gasteiger partial charge in [-0.15, -0.1) is 0 Å². The van der Waals surface area contributed by atoms with Crippen molar-refractivity contribution in [3.05, 3.63) is 24.0 Å². The molecule has 6 nitrogen and oxygen atoms in total. The number of rotatable bonds is 4. The third kappa shape index (κ3) is 1.91. The topological polar surface area (TPSA) is 90.2 Å². The number of aromatic amines is 1. The summed E-state index contributed by atoms with van der Waals surface area (Å²) in [5.41, 5.74) is 7.13. The fraction of sp³-hybridized carbons (Fsp3) is 0.333. The Balaban J connectivity index is 1.91. The maximum Gasteiger partial charge on any atom is 0.248 e. The summed E-state index contributed by atoms with van der Waals surface area (Å²) >= 11 is 0. The van der Waals surface area contributed by atoms with E-state index in [1.807, 2.05) is 0 Å². The zero-order valence-electron chi connectivity index (χ0n) is 9.68. The van der Waals surface area contributed by atoms with Crippen molar-refractivity contribution < 1.29 is 14.3 Å². The Morgan fingerprint density at radius 3 is 3.06 bits per heavy atom. The lowest BCUT2D eigenvalue weighted by atomic mass is 10.1. The number of carbonyl (C=O) groups is 1. The Kier molecular flexibility index (Phi) is 2.64. The molecule has 94 valence electrons. The molecule has 1 aliphatic heterocycles. The zero-order chi connectivity index (χ0) is 12.5. The summed E-state index contributed by atoms with van der Waals surface area (Å²) < 4.78 is 10.8. The molecule has 6 heteroatoms. The Bertz CT molecular complexity index is 589. The van der Waals surface area contributed by atoms with Gasteiger partial charge in [0, 0.05) is 11.5 Å². The fourth-order valence-corrected chi connectivity index (χ4v) is 1.86. The maximum atomic E-state index is 11.2. The Labute approximate surface area is 103 Å². The zero-order valence-corrected chi connectivity index (χ0v) is 9.68. The minimum Gasteiger partial charge on any atom is -0.491 e. The molecule has 0 bridgehead atoms. The van der Waals surface area contributed by atoms with Crippen molar-refractivity contribution in [1.82, 2.24) is 9.97 Å². The average molecular weight is 247 g/mol. The normalized spacial score (nSPS) is 15.6. The number of nitrogens with two attached hydrogens (primary N) is 1. The van der Waals surface area contributed by atoms with Crippen LogP contribution in [0.15, 0.2) is 18.5 Å². The second-order valence-corrected chi connectivity index (χ2v) is 4.35. The van der Waals surface area contributed by atoms with E-state index < -0.39 is 5.91 Å². The number of nitrogens with zero attached hydrogens (tertiary/aromatic N) is 1. The van der Waals surface area contributed by atoms with Crippen molar-refractivity contribution in [1.29, 1.82) is 0 Å². The predicted octanol–water partition coefficient (Wildman–Crippen LogP) is 0.687. The van der Waals surface area contributed by atoms with E-state index in [9.17, 15) is 4.79 Å². The van der Waals surface area contributed by atoms with E-state index in [4.69, 9.17) is 15.2 Å². The van der Waals surface area contributed by atoms with Crippen LogP contribution >= 0.6 is 0 Å². The highest BCUT2D eigenvalue weighted by molar-refractivity contribution is 5.98. The number of primary amides is 1. The molecule has 1 aliphatic rings. The number of imidazole rings is 1. The number of benzene rings is 1. The largest absolute Gasteiger partial charge is 0.491 e. The first-order valence-corrected chi connectivity index (χ1v) is 5.71. The van der Waals surface area contributed by atoms with Gasteiger partial charge < -0.3 is 20.2 Å². The quantitative estimate of drug-likeness (QED) is 0.831. The number of amides is 1. The van der Waals surface area contributed by atoms with Gasteiger partial charge in [-0.25, -0.2) is 4.98 Å². The SMILES string of the molecule is NC(=O)c1cc(OCC2COC2)c2[nH]cnc2c1. The molecule has 0 radical (unpaired) electrons. The molecule has 0 saturated carbocycles. The van der Waals surface area contributed by atoms with Gasteiger partial charge in [-0.3, -0.25) is 4.79 Å². The highest BCUT2D eigenvalue weighted by Crippen LogP contribution is 2.26. The number of carbonyl (C=O) groups excluding carboxylic acids is 1. The molecular formula is C12H13N3O3. The van der Waals surface area contributed by atoms with Crippen molar-refractivity contribution in [3.8, 4) is 5.75 Å². The lowest BCUT2D eigenvalue weighted by Crippen LogP contribution is -2.32. The molecule has 1 amide bonds. The molecule has 0 unspecified atom stereocenters. The van der Waals surface area contributed by atoms with Crippen LogP contribution in [-0.4, -0.2) is 35.7 Å². The van der Waals surface area contributed by atoms with Crippen LogP contribution in [0.1, 0.15) is 10.4 Å². The minimum atomic E-state index is -0.489. The molecule has 1 aromatic heterocycles. The van der Waals surface area contributed by atoms with E-state index in [0.29, 0.717) is 29.4 Å². The van der Waals surface area contributed by atoms with Crippen LogP contribution in [0.2, 0.25) is 0 Å². The first-order valence-electron chi connectivity index (χ1n) is 5.71. The van der Waals surface area contributed by atoms with Crippen LogP contribution in [0.3, 0.4) is 0 Å². The van der Waals surface area contributed by atoms with Gasteiger partial charge in [-0.05, 0) is 12.1 Å². The van der Waals surface area contributed by atoms with Crippen LogP contribution in [0.25, 0.3) is 11.0 Å². The van der Waals surface area contributed by atoms with Crippen LogP contribution in [0.4, 0.5) is 0 Å². The summed E-state index contributed by atoms with van der Waals surface area (Å²) in [4.78, 5) is 18.3. The first-order chi connectivity index (χ1) is 8.74. The summed E-state index contributed by atoms with van der Waals surface area (Å²) in [6.45, 7) is 2.01. The summed E-state index contributed by atoms with van der Waals surface area (Å²) in [5.74, 6) is 0.530. The van der Waals surface area contributed by atoms with Crippen molar-refractivity contribution in [2.75, 3.05) is 19.8 Å². The lowest BCUT2D eigenvalue weighted by molar-refractivity contribution is -0.0506.